The Labute approximate surface area is 183 Å². The van der Waals surface area contributed by atoms with E-state index >= 15 is 0 Å². The first-order valence-corrected chi connectivity index (χ1v) is 10.4. The minimum atomic E-state index is -0.291. The van der Waals surface area contributed by atoms with Gasteiger partial charge in [0.15, 0.2) is 5.82 Å². The fourth-order valence-electron chi connectivity index (χ4n) is 3.49. The summed E-state index contributed by atoms with van der Waals surface area (Å²) in [6.07, 6.45) is 1.66. The van der Waals surface area contributed by atoms with Crippen LogP contribution < -0.4 is 10.2 Å². The zero-order chi connectivity index (χ0) is 21.1. The quantitative estimate of drug-likeness (QED) is 0.581. The molecule has 154 valence electrons. The number of anilines is 2. The van der Waals surface area contributed by atoms with Gasteiger partial charge in [-0.1, -0.05) is 23.2 Å². The van der Waals surface area contributed by atoms with E-state index < -0.39 is 0 Å². The van der Waals surface area contributed by atoms with Gasteiger partial charge in [-0.2, -0.15) is 0 Å². The Hall–Kier alpha value is -2.70. The van der Waals surface area contributed by atoms with Gasteiger partial charge in [0, 0.05) is 23.7 Å². The standard InChI is InChI=1S/C22H19Cl2FN4O/c23-16-5-8-20(18(24)12-16)26-22(30)15-2-1-11-29(13-15)21-10-9-19(27-28-21)14-3-6-17(25)7-4-14/h3-10,12,15H,1-2,11,13H2,(H,26,30). The van der Waals surface area contributed by atoms with Crippen molar-refractivity contribution in [2.24, 2.45) is 5.92 Å². The van der Waals surface area contributed by atoms with Crippen molar-refractivity contribution < 1.29 is 9.18 Å². The Morgan fingerprint density at radius 3 is 2.57 bits per heavy atom. The lowest BCUT2D eigenvalue weighted by atomic mass is 9.97. The van der Waals surface area contributed by atoms with Crippen LogP contribution in [0.25, 0.3) is 11.3 Å². The third-order valence-corrected chi connectivity index (χ3v) is 5.64. The predicted molar refractivity (Wildman–Crippen MR) is 117 cm³/mol. The highest BCUT2D eigenvalue weighted by Crippen LogP contribution is 2.28. The number of hydrogen-bond acceptors (Lipinski definition) is 4. The van der Waals surface area contributed by atoms with Crippen molar-refractivity contribution in [1.82, 2.24) is 10.2 Å². The van der Waals surface area contributed by atoms with Gasteiger partial charge in [0.1, 0.15) is 5.82 Å². The third-order valence-electron chi connectivity index (χ3n) is 5.10. The lowest BCUT2D eigenvalue weighted by molar-refractivity contribution is -0.120. The topological polar surface area (TPSA) is 58.1 Å². The van der Waals surface area contributed by atoms with Crippen LogP contribution in [0.3, 0.4) is 0 Å². The molecule has 1 saturated heterocycles. The minimum absolute atomic E-state index is 0.0835. The lowest BCUT2D eigenvalue weighted by Gasteiger charge is -2.32. The molecule has 1 atom stereocenters. The van der Waals surface area contributed by atoms with Gasteiger partial charge >= 0.3 is 0 Å². The summed E-state index contributed by atoms with van der Waals surface area (Å²) in [5, 5.41) is 12.4. The molecule has 1 fully saturated rings. The molecule has 1 amide bonds. The van der Waals surface area contributed by atoms with E-state index in [1.165, 1.54) is 12.1 Å². The van der Waals surface area contributed by atoms with Gasteiger partial charge in [-0.05, 0) is 67.4 Å². The molecule has 30 heavy (non-hydrogen) atoms. The largest absolute Gasteiger partial charge is 0.354 e. The summed E-state index contributed by atoms with van der Waals surface area (Å²) in [6.45, 7) is 1.34. The average molecular weight is 445 g/mol. The van der Waals surface area contributed by atoms with Crippen LogP contribution in [0.1, 0.15) is 12.8 Å². The molecule has 0 spiro atoms. The molecule has 2 aromatic carbocycles. The molecule has 1 aromatic heterocycles. The number of benzene rings is 2. The van der Waals surface area contributed by atoms with Crippen molar-refractivity contribution in [3.8, 4) is 11.3 Å². The average Bonchev–Trinajstić information content (AvgIpc) is 2.76. The first-order valence-electron chi connectivity index (χ1n) is 9.60. The first kappa shape index (κ1) is 20.6. The highest BCUT2D eigenvalue weighted by molar-refractivity contribution is 6.36. The van der Waals surface area contributed by atoms with Crippen molar-refractivity contribution in [1.29, 1.82) is 0 Å². The van der Waals surface area contributed by atoms with Crippen LogP contribution in [0.15, 0.2) is 54.6 Å². The molecule has 0 bridgehead atoms. The van der Waals surface area contributed by atoms with Gasteiger partial charge in [-0.15, -0.1) is 10.2 Å². The van der Waals surface area contributed by atoms with E-state index in [1.54, 1.807) is 30.3 Å². The predicted octanol–water partition coefficient (Wildman–Crippen LogP) is 5.44. The molecule has 0 saturated carbocycles. The van der Waals surface area contributed by atoms with E-state index in [2.05, 4.69) is 20.4 Å². The van der Waals surface area contributed by atoms with E-state index in [9.17, 15) is 9.18 Å². The number of carbonyl (C=O) groups excluding carboxylic acids is 1. The van der Waals surface area contributed by atoms with Crippen LogP contribution in [0, 0.1) is 11.7 Å². The summed E-state index contributed by atoms with van der Waals surface area (Å²) in [5.74, 6) is 0.146. The Morgan fingerprint density at radius 2 is 1.87 bits per heavy atom. The Bertz CT molecular complexity index is 1040. The smallest absolute Gasteiger partial charge is 0.229 e. The molecule has 1 N–H and O–H groups in total. The number of rotatable bonds is 4. The maximum absolute atomic E-state index is 13.1. The molecule has 1 aliphatic rings. The summed E-state index contributed by atoms with van der Waals surface area (Å²) < 4.78 is 13.1. The van der Waals surface area contributed by atoms with E-state index in [4.69, 9.17) is 23.2 Å². The van der Waals surface area contributed by atoms with Gasteiger partial charge in [-0.3, -0.25) is 4.79 Å². The molecule has 5 nitrogen and oxygen atoms in total. The number of nitrogens with one attached hydrogen (secondary N) is 1. The fourth-order valence-corrected chi connectivity index (χ4v) is 3.95. The molecule has 0 radical (unpaired) electrons. The number of hydrogen-bond donors (Lipinski definition) is 1. The fraction of sp³-hybridized carbons (Fsp3) is 0.227. The van der Waals surface area contributed by atoms with Gasteiger partial charge in [0.25, 0.3) is 0 Å². The number of nitrogens with zero attached hydrogens (tertiary/aromatic N) is 3. The van der Waals surface area contributed by atoms with E-state index in [1.807, 2.05) is 12.1 Å². The monoisotopic (exact) mass is 444 g/mol. The van der Waals surface area contributed by atoms with Gasteiger partial charge in [0.05, 0.1) is 22.3 Å². The summed E-state index contributed by atoms with van der Waals surface area (Å²) in [6, 6.07) is 14.8. The number of carbonyl (C=O) groups is 1. The van der Waals surface area contributed by atoms with Gasteiger partial charge in [0.2, 0.25) is 5.91 Å². The normalized spacial score (nSPS) is 16.4. The summed E-state index contributed by atoms with van der Waals surface area (Å²) >= 11 is 12.1. The maximum Gasteiger partial charge on any atom is 0.229 e. The van der Waals surface area contributed by atoms with Crippen molar-refractivity contribution in [3.63, 3.8) is 0 Å². The van der Waals surface area contributed by atoms with Crippen LogP contribution in [-0.4, -0.2) is 29.2 Å². The lowest BCUT2D eigenvalue weighted by Crippen LogP contribution is -2.41. The Balaban J connectivity index is 1.43. The van der Waals surface area contributed by atoms with Gasteiger partial charge in [-0.25, -0.2) is 4.39 Å². The summed E-state index contributed by atoms with van der Waals surface area (Å²) in [5.41, 5.74) is 2.01. The Morgan fingerprint density at radius 1 is 1.07 bits per heavy atom. The van der Waals surface area contributed by atoms with Crippen LogP contribution in [-0.2, 0) is 4.79 Å². The number of halogens is 3. The Kier molecular flexibility index (Phi) is 6.16. The van der Waals surface area contributed by atoms with Crippen molar-refractivity contribution in [2.75, 3.05) is 23.3 Å². The number of aromatic nitrogens is 2. The van der Waals surface area contributed by atoms with Crippen LogP contribution >= 0.6 is 23.2 Å². The van der Waals surface area contributed by atoms with Crippen LogP contribution in [0.5, 0.6) is 0 Å². The van der Waals surface area contributed by atoms with E-state index in [0.29, 0.717) is 33.8 Å². The first-order chi connectivity index (χ1) is 14.5. The van der Waals surface area contributed by atoms with Gasteiger partial charge < -0.3 is 10.2 Å². The highest BCUT2D eigenvalue weighted by Gasteiger charge is 2.27. The molecular weight excluding hydrogens is 426 g/mol. The van der Waals surface area contributed by atoms with Crippen LogP contribution in [0.2, 0.25) is 10.0 Å². The zero-order valence-electron chi connectivity index (χ0n) is 16.0. The van der Waals surface area contributed by atoms with E-state index in [-0.39, 0.29) is 17.6 Å². The molecule has 3 aromatic rings. The second-order valence-electron chi connectivity index (χ2n) is 7.18. The molecule has 2 heterocycles. The van der Waals surface area contributed by atoms with Crippen LogP contribution in [0.4, 0.5) is 15.9 Å². The zero-order valence-corrected chi connectivity index (χ0v) is 17.5. The second kappa shape index (κ2) is 8.98. The molecule has 8 heteroatoms. The number of piperidine rings is 1. The van der Waals surface area contributed by atoms with E-state index in [0.717, 1.165) is 24.9 Å². The molecule has 0 aliphatic carbocycles. The molecular formula is C22H19Cl2FN4O. The van der Waals surface area contributed by atoms with Crippen molar-refractivity contribution in [3.05, 3.63) is 70.5 Å². The van der Waals surface area contributed by atoms with Crippen molar-refractivity contribution >= 4 is 40.6 Å². The molecule has 4 rings (SSSR count). The number of amides is 1. The third kappa shape index (κ3) is 4.71. The molecule has 1 aliphatic heterocycles. The SMILES string of the molecule is O=C(Nc1ccc(Cl)cc1Cl)C1CCCN(c2ccc(-c3ccc(F)cc3)nn2)C1. The molecule has 1 unspecified atom stereocenters. The maximum atomic E-state index is 13.1. The summed E-state index contributed by atoms with van der Waals surface area (Å²) in [7, 11) is 0. The van der Waals surface area contributed by atoms with Crippen molar-refractivity contribution in [2.45, 2.75) is 12.8 Å². The highest BCUT2D eigenvalue weighted by atomic mass is 35.5. The summed E-state index contributed by atoms with van der Waals surface area (Å²) in [4.78, 5) is 14.8. The second-order valence-corrected chi connectivity index (χ2v) is 8.03. The minimum Gasteiger partial charge on any atom is -0.354 e.